The number of halogens is 1. The molecular formula is C20H23ClN2O. The number of nitrogens with one attached hydrogen (secondary N) is 1. The van der Waals surface area contributed by atoms with Gasteiger partial charge in [-0.1, -0.05) is 41.9 Å². The molecular weight excluding hydrogens is 320 g/mol. The molecule has 0 spiro atoms. The maximum absolute atomic E-state index is 12.6. The second-order valence-corrected chi connectivity index (χ2v) is 6.94. The van der Waals surface area contributed by atoms with Crippen LogP contribution in [0.2, 0.25) is 5.02 Å². The smallest absolute Gasteiger partial charge is 0.228 e. The molecule has 3 rings (SSSR count). The van der Waals surface area contributed by atoms with Gasteiger partial charge >= 0.3 is 0 Å². The Labute approximate surface area is 148 Å². The molecule has 0 aliphatic carbocycles. The van der Waals surface area contributed by atoms with E-state index < -0.39 is 0 Å². The Morgan fingerprint density at radius 3 is 2.79 bits per heavy atom. The summed E-state index contributed by atoms with van der Waals surface area (Å²) >= 11 is 5.98. The Hall–Kier alpha value is -1.84. The molecule has 1 aliphatic heterocycles. The minimum Gasteiger partial charge on any atom is -0.326 e. The Kier molecular flexibility index (Phi) is 5.54. The van der Waals surface area contributed by atoms with Crippen molar-refractivity contribution in [2.24, 2.45) is 5.92 Å². The minimum absolute atomic E-state index is 0.0394. The Balaban J connectivity index is 1.60. The van der Waals surface area contributed by atoms with Crippen LogP contribution in [0.25, 0.3) is 0 Å². The summed E-state index contributed by atoms with van der Waals surface area (Å²) in [6, 6.07) is 16.0. The van der Waals surface area contributed by atoms with Crippen LogP contribution < -0.4 is 5.32 Å². The van der Waals surface area contributed by atoms with Crippen molar-refractivity contribution in [3.8, 4) is 0 Å². The zero-order valence-corrected chi connectivity index (χ0v) is 14.7. The minimum atomic E-state index is 0.0394. The van der Waals surface area contributed by atoms with Gasteiger partial charge in [0.1, 0.15) is 0 Å². The van der Waals surface area contributed by atoms with Crippen LogP contribution in [-0.2, 0) is 11.3 Å². The van der Waals surface area contributed by atoms with Crippen molar-refractivity contribution in [3.63, 3.8) is 0 Å². The molecule has 126 valence electrons. The Bertz CT molecular complexity index is 702. The predicted molar refractivity (Wildman–Crippen MR) is 99.3 cm³/mol. The maximum atomic E-state index is 12.6. The van der Waals surface area contributed by atoms with Gasteiger partial charge in [0.25, 0.3) is 0 Å². The lowest BCUT2D eigenvalue weighted by atomic mass is 9.96. The number of hydrogen-bond acceptors (Lipinski definition) is 2. The van der Waals surface area contributed by atoms with Gasteiger partial charge in [-0.05, 0) is 55.6 Å². The number of aryl methyl sites for hydroxylation is 1. The third-order valence-corrected chi connectivity index (χ3v) is 4.81. The summed E-state index contributed by atoms with van der Waals surface area (Å²) in [5.41, 5.74) is 3.14. The van der Waals surface area contributed by atoms with Gasteiger partial charge in [-0.3, -0.25) is 9.69 Å². The summed E-state index contributed by atoms with van der Waals surface area (Å²) in [5, 5.41) is 3.76. The first-order valence-corrected chi connectivity index (χ1v) is 8.83. The summed E-state index contributed by atoms with van der Waals surface area (Å²) in [7, 11) is 0. The van der Waals surface area contributed by atoms with Crippen LogP contribution in [0.3, 0.4) is 0 Å². The first-order valence-electron chi connectivity index (χ1n) is 8.45. The van der Waals surface area contributed by atoms with Crippen LogP contribution in [0.15, 0.2) is 48.5 Å². The van der Waals surface area contributed by atoms with E-state index in [9.17, 15) is 4.79 Å². The van der Waals surface area contributed by atoms with E-state index in [2.05, 4.69) is 34.5 Å². The van der Waals surface area contributed by atoms with E-state index in [4.69, 9.17) is 11.6 Å². The fourth-order valence-electron chi connectivity index (χ4n) is 3.26. The second-order valence-electron chi connectivity index (χ2n) is 6.51. The molecule has 0 unspecified atom stereocenters. The molecule has 0 bridgehead atoms. The molecule has 1 saturated heterocycles. The monoisotopic (exact) mass is 342 g/mol. The highest BCUT2D eigenvalue weighted by molar-refractivity contribution is 6.30. The largest absolute Gasteiger partial charge is 0.326 e. The molecule has 2 aromatic carbocycles. The van der Waals surface area contributed by atoms with Crippen LogP contribution in [0, 0.1) is 12.8 Å². The second kappa shape index (κ2) is 7.82. The van der Waals surface area contributed by atoms with Crippen molar-refractivity contribution in [2.45, 2.75) is 26.3 Å². The van der Waals surface area contributed by atoms with Gasteiger partial charge in [-0.15, -0.1) is 0 Å². The summed E-state index contributed by atoms with van der Waals surface area (Å²) in [6.07, 6.45) is 2.01. The van der Waals surface area contributed by atoms with Gasteiger partial charge in [-0.25, -0.2) is 0 Å². The number of likely N-dealkylation sites (tertiary alicyclic amines) is 1. The van der Waals surface area contributed by atoms with Crippen LogP contribution in [-0.4, -0.2) is 23.9 Å². The van der Waals surface area contributed by atoms with E-state index in [-0.39, 0.29) is 11.8 Å². The number of carbonyl (C=O) groups excluding carboxylic acids is 1. The lowest BCUT2D eigenvalue weighted by molar-refractivity contribution is -0.121. The van der Waals surface area contributed by atoms with E-state index >= 15 is 0 Å². The van der Waals surface area contributed by atoms with E-state index in [1.54, 1.807) is 0 Å². The molecule has 0 radical (unpaired) electrons. The van der Waals surface area contributed by atoms with Crippen LogP contribution >= 0.6 is 11.6 Å². The van der Waals surface area contributed by atoms with Gasteiger partial charge in [0, 0.05) is 23.8 Å². The van der Waals surface area contributed by atoms with E-state index in [1.807, 2.05) is 31.2 Å². The lowest BCUT2D eigenvalue weighted by Crippen LogP contribution is -2.40. The van der Waals surface area contributed by atoms with Crippen molar-refractivity contribution in [2.75, 3.05) is 18.4 Å². The van der Waals surface area contributed by atoms with E-state index in [0.29, 0.717) is 5.02 Å². The number of hydrogen-bond donors (Lipinski definition) is 1. The summed E-state index contributed by atoms with van der Waals surface area (Å²) < 4.78 is 0. The van der Waals surface area contributed by atoms with E-state index in [1.165, 1.54) is 5.56 Å². The molecule has 2 aromatic rings. The Morgan fingerprint density at radius 2 is 2.04 bits per heavy atom. The molecule has 24 heavy (non-hydrogen) atoms. The standard InChI is InChI=1S/C20H23ClN2O/c1-15-12-18(21)9-10-19(15)22-20(24)17-8-5-11-23(14-17)13-16-6-3-2-4-7-16/h2-4,6-7,9-10,12,17H,5,8,11,13-14H2,1H3,(H,22,24)/t17-/m0/s1. The zero-order chi connectivity index (χ0) is 16.9. The van der Waals surface area contributed by atoms with Crippen molar-refractivity contribution >= 4 is 23.2 Å². The SMILES string of the molecule is Cc1cc(Cl)ccc1NC(=O)[C@H]1CCCN(Cc2ccccc2)C1. The highest BCUT2D eigenvalue weighted by atomic mass is 35.5. The molecule has 3 nitrogen and oxygen atoms in total. The first kappa shape index (κ1) is 17.0. The van der Waals surface area contributed by atoms with Crippen LogP contribution in [0.5, 0.6) is 0 Å². The molecule has 4 heteroatoms. The average Bonchev–Trinajstić information content (AvgIpc) is 2.58. The molecule has 1 amide bonds. The molecule has 0 saturated carbocycles. The highest BCUT2D eigenvalue weighted by Crippen LogP contribution is 2.23. The van der Waals surface area contributed by atoms with Crippen molar-refractivity contribution < 1.29 is 4.79 Å². The molecule has 1 N–H and O–H groups in total. The molecule has 0 aromatic heterocycles. The fraction of sp³-hybridized carbons (Fsp3) is 0.350. The molecule has 1 aliphatic rings. The third kappa shape index (κ3) is 4.37. The summed E-state index contributed by atoms with van der Waals surface area (Å²) in [6.45, 7) is 4.74. The van der Waals surface area contributed by atoms with Crippen LogP contribution in [0.4, 0.5) is 5.69 Å². The summed E-state index contributed by atoms with van der Waals surface area (Å²) in [4.78, 5) is 15.0. The number of nitrogens with zero attached hydrogens (tertiary/aromatic N) is 1. The van der Waals surface area contributed by atoms with Crippen molar-refractivity contribution in [1.82, 2.24) is 4.90 Å². The third-order valence-electron chi connectivity index (χ3n) is 4.57. The number of rotatable bonds is 4. The average molecular weight is 343 g/mol. The fourth-order valence-corrected chi connectivity index (χ4v) is 3.48. The normalized spacial score (nSPS) is 18.3. The first-order chi connectivity index (χ1) is 11.6. The van der Waals surface area contributed by atoms with Gasteiger partial charge in [0.2, 0.25) is 5.91 Å². The van der Waals surface area contributed by atoms with Gasteiger partial charge in [0.05, 0.1) is 5.92 Å². The van der Waals surface area contributed by atoms with Crippen molar-refractivity contribution in [1.29, 1.82) is 0 Å². The molecule has 1 fully saturated rings. The number of benzene rings is 2. The Morgan fingerprint density at radius 1 is 1.25 bits per heavy atom. The van der Waals surface area contributed by atoms with Crippen molar-refractivity contribution in [3.05, 3.63) is 64.7 Å². The maximum Gasteiger partial charge on any atom is 0.228 e. The summed E-state index contributed by atoms with van der Waals surface area (Å²) in [5.74, 6) is 0.149. The topological polar surface area (TPSA) is 32.3 Å². The number of carbonyl (C=O) groups is 1. The van der Waals surface area contributed by atoms with Gasteiger partial charge in [0.15, 0.2) is 0 Å². The quantitative estimate of drug-likeness (QED) is 0.887. The van der Waals surface area contributed by atoms with Gasteiger partial charge < -0.3 is 5.32 Å². The lowest BCUT2D eigenvalue weighted by Gasteiger charge is -2.32. The number of amides is 1. The highest BCUT2D eigenvalue weighted by Gasteiger charge is 2.26. The van der Waals surface area contributed by atoms with E-state index in [0.717, 1.165) is 43.7 Å². The molecule has 1 atom stereocenters. The van der Waals surface area contributed by atoms with Gasteiger partial charge in [-0.2, -0.15) is 0 Å². The van der Waals surface area contributed by atoms with Crippen LogP contribution in [0.1, 0.15) is 24.0 Å². The molecule has 1 heterocycles. The zero-order valence-electron chi connectivity index (χ0n) is 14.0. The number of piperidine rings is 1. The number of anilines is 1. The predicted octanol–water partition coefficient (Wildman–Crippen LogP) is 4.50.